The van der Waals surface area contributed by atoms with Gasteiger partial charge in [0.25, 0.3) is 0 Å². The number of amides is 1. The van der Waals surface area contributed by atoms with Crippen LogP contribution in [-0.2, 0) is 14.3 Å². The standard InChI is InChI=1S/C14H26N2O3/c1-14(2,8-6-13(18)19-3)16-12(17)5-4-11-7-9-15-10-11/h11,15H,4-10H2,1-3H3,(H,16,17). The second-order valence-electron chi connectivity index (χ2n) is 5.91. The molecule has 19 heavy (non-hydrogen) atoms. The fourth-order valence-electron chi connectivity index (χ4n) is 2.32. The van der Waals surface area contributed by atoms with Crippen LogP contribution in [0.15, 0.2) is 0 Å². The molecule has 1 rings (SSSR count). The summed E-state index contributed by atoms with van der Waals surface area (Å²) in [5.74, 6) is 0.463. The average Bonchev–Trinajstić information content (AvgIpc) is 2.86. The zero-order valence-electron chi connectivity index (χ0n) is 12.3. The van der Waals surface area contributed by atoms with Crippen LogP contribution in [0.3, 0.4) is 0 Å². The molecule has 1 atom stereocenters. The van der Waals surface area contributed by atoms with Gasteiger partial charge in [0.1, 0.15) is 0 Å². The number of carbonyl (C=O) groups is 2. The van der Waals surface area contributed by atoms with E-state index in [0.717, 1.165) is 19.5 Å². The highest BCUT2D eigenvalue weighted by molar-refractivity contribution is 5.76. The van der Waals surface area contributed by atoms with Gasteiger partial charge < -0.3 is 15.4 Å². The van der Waals surface area contributed by atoms with Crippen molar-refractivity contribution in [1.82, 2.24) is 10.6 Å². The monoisotopic (exact) mass is 270 g/mol. The number of nitrogens with one attached hydrogen (secondary N) is 2. The van der Waals surface area contributed by atoms with Crippen LogP contribution in [0.25, 0.3) is 0 Å². The summed E-state index contributed by atoms with van der Waals surface area (Å²) >= 11 is 0. The zero-order valence-corrected chi connectivity index (χ0v) is 12.3. The molecule has 5 nitrogen and oxygen atoms in total. The summed E-state index contributed by atoms with van der Waals surface area (Å²) in [5.41, 5.74) is -0.362. The van der Waals surface area contributed by atoms with E-state index >= 15 is 0 Å². The first kappa shape index (κ1) is 16.0. The van der Waals surface area contributed by atoms with E-state index in [1.165, 1.54) is 13.5 Å². The van der Waals surface area contributed by atoms with Crippen LogP contribution >= 0.6 is 0 Å². The third-order valence-electron chi connectivity index (χ3n) is 3.60. The van der Waals surface area contributed by atoms with Crippen molar-refractivity contribution in [2.24, 2.45) is 5.92 Å². The van der Waals surface area contributed by atoms with E-state index in [1.807, 2.05) is 13.8 Å². The summed E-state index contributed by atoms with van der Waals surface area (Å²) in [4.78, 5) is 23.0. The Bertz CT molecular complexity index is 310. The van der Waals surface area contributed by atoms with Crippen LogP contribution in [0.2, 0.25) is 0 Å². The molecule has 2 N–H and O–H groups in total. The molecule has 5 heteroatoms. The predicted octanol–water partition coefficient (Wildman–Crippen LogP) is 1.22. The van der Waals surface area contributed by atoms with Crippen LogP contribution in [0.1, 0.15) is 46.0 Å². The molecule has 1 unspecified atom stereocenters. The average molecular weight is 270 g/mol. The van der Waals surface area contributed by atoms with Gasteiger partial charge in [-0.05, 0) is 52.1 Å². The Balaban J connectivity index is 2.22. The van der Waals surface area contributed by atoms with Crippen LogP contribution in [-0.4, -0.2) is 37.6 Å². The molecule has 0 spiro atoms. The second-order valence-corrected chi connectivity index (χ2v) is 5.91. The van der Waals surface area contributed by atoms with Crippen molar-refractivity contribution in [3.05, 3.63) is 0 Å². The fourth-order valence-corrected chi connectivity index (χ4v) is 2.32. The van der Waals surface area contributed by atoms with Gasteiger partial charge in [0.2, 0.25) is 5.91 Å². The van der Waals surface area contributed by atoms with Crippen molar-refractivity contribution in [2.75, 3.05) is 20.2 Å². The zero-order chi connectivity index (χ0) is 14.3. The normalized spacial score (nSPS) is 19.2. The maximum absolute atomic E-state index is 11.9. The first-order chi connectivity index (χ1) is 8.93. The van der Waals surface area contributed by atoms with Gasteiger partial charge in [-0.2, -0.15) is 0 Å². The molecule has 0 aromatic carbocycles. The molecule has 1 amide bonds. The Morgan fingerprint density at radius 1 is 1.37 bits per heavy atom. The Kier molecular flexibility index (Phi) is 6.28. The predicted molar refractivity (Wildman–Crippen MR) is 73.7 cm³/mol. The first-order valence-corrected chi connectivity index (χ1v) is 7.01. The first-order valence-electron chi connectivity index (χ1n) is 7.01. The minimum absolute atomic E-state index is 0.0711. The van der Waals surface area contributed by atoms with Crippen molar-refractivity contribution in [2.45, 2.75) is 51.5 Å². The minimum atomic E-state index is -0.362. The van der Waals surface area contributed by atoms with Crippen LogP contribution in [0, 0.1) is 5.92 Å². The number of esters is 1. The van der Waals surface area contributed by atoms with Gasteiger partial charge in [0, 0.05) is 18.4 Å². The highest BCUT2D eigenvalue weighted by Crippen LogP contribution is 2.16. The van der Waals surface area contributed by atoms with Crippen molar-refractivity contribution < 1.29 is 14.3 Å². The number of hydrogen-bond donors (Lipinski definition) is 2. The van der Waals surface area contributed by atoms with E-state index in [-0.39, 0.29) is 17.4 Å². The van der Waals surface area contributed by atoms with Crippen molar-refractivity contribution in [1.29, 1.82) is 0 Å². The topological polar surface area (TPSA) is 67.4 Å². The largest absolute Gasteiger partial charge is 0.469 e. The SMILES string of the molecule is COC(=O)CCC(C)(C)NC(=O)CCC1CCNC1. The molecule has 1 aliphatic heterocycles. The van der Waals surface area contributed by atoms with Crippen LogP contribution in [0.4, 0.5) is 0 Å². The number of hydrogen-bond acceptors (Lipinski definition) is 4. The van der Waals surface area contributed by atoms with Crippen molar-refractivity contribution in [3.63, 3.8) is 0 Å². The Labute approximate surface area is 115 Å². The lowest BCUT2D eigenvalue weighted by molar-refractivity contribution is -0.141. The van der Waals surface area contributed by atoms with Gasteiger partial charge in [-0.1, -0.05) is 0 Å². The number of ether oxygens (including phenoxy) is 1. The quantitative estimate of drug-likeness (QED) is 0.683. The molecule has 0 aromatic heterocycles. The molecule has 0 saturated carbocycles. The van der Waals surface area contributed by atoms with E-state index in [4.69, 9.17) is 0 Å². The summed E-state index contributed by atoms with van der Waals surface area (Å²) < 4.78 is 4.61. The molecule has 0 radical (unpaired) electrons. The summed E-state index contributed by atoms with van der Waals surface area (Å²) in [6, 6.07) is 0. The summed E-state index contributed by atoms with van der Waals surface area (Å²) in [7, 11) is 1.38. The van der Waals surface area contributed by atoms with E-state index in [9.17, 15) is 9.59 Å². The van der Waals surface area contributed by atoms with Gasteiger partial charge in [0.05, 0.1) is 7.11 Å². The lowest BCUT2D eigenvalue weighted by Gasteiger charge is -2.26. The van der Waals surface area contributed by atoms with Crippen LogP contribution < -0.4 is 10.6 Å². The van der Waals surface area contributed by atoms with Gasteiger partial charge in [-0.25, -0.2) is 0 Å². The van der Waals surface area contributed by atoms with E-state index in [2.05, 4.69) is 15.4 Å². The lowest BCUT2D eigenvalue weighted by atomic mass is 9.97. The molecule has 0 aliphatic carbocycles. The number of carbonyl (C=O) groups excluding carboxylic acids is 2. The highest BCUT2D eigenvalue weighted by Gasteiger charge is 2.22. The molecule has 1 saturated heterocycles. The Morgan fingerprint density at radius 3 is 2.68 bits per heavy atom. The van der Waals surface area contributed by atoms with Gasteiger partial charge in [-0.3, -0.25) is 9.59 Å². The van der Waals surface area contributed by atoms with Gasteiger partial charge in [-0.15, -0.1) is 0 Å². The highest BCUT2D eigenvalue weighted by atomic mass is 16.5. The second kappa shape index (κ2) is 7.48. The number of methoxy groups -OCH3 is 1. The fraction of sp³-hybridized carbons (Fsp3) is 0.857. The van der Waals surface area contributed by atoms with E-state index in [1.54, 1.807) is 0 Å². The van der Waals surface area contributed by atoms with Gasteiger partial charge >= 0.3 is 5.97 Å². The van der Waals surface area contributed by atoms with E-state index < -0.39 is 0 Å². The van der Waals surface area contributed by atoms with Crippen molar-refractivity contribution in [3.8, 4) is 0 Å². The summed E-state index contributed by atoms with van der Waals surface area (Å²) in [5, 5.41) is 6.29. The van der Waals surface area contributed by atoms with Gasteiger partial charge in [0.15, 0.2) is 0 Å². The maximum Gasteiger partial charge on any atom is 0.305 e. The van der Waals surface area contributed by atoms with Crippen molar-refractivity contribution >= 4 is 11.9 Å². The molecular weight excluding hydrogens is 244 g/mol. The molecule has 110 valence electrons. The third kappa shape index (κ3) is 6.57. The smallest absolute Gasteiger partial charge is 0.305 e. The van der Waals surface area contributed by atoms with E-state index in [0.29, 0.717) is 25.2 Å². The molecule has 0 bridgehead atoms. The number of rotatable bonds is 7. The molecule has 1 aliphatic rings. The Hall–Kier alpha value is -1.10. The summed E-state index contributed by atoms with van der Waals surface area (Å²) in [6.45, 7) is 5.96. The third-order valence-corrected chi connectivity index (χ3v) is 3.60. The minimum Gasteiger partial charge on any atom is -0.469 e. The van der Waals surface area contributed by atoms with Crippen LogP contribution in [0.5, 0.6) is 0 Å². The summed E-state index contributed by atoms with van der Waals surface area (Å²) in [6.07, 6.45) is 3.59. The molecule has 0 aromatic rings. The lowest BCUT2D eigenvalue weighted by Crippen LogP contribution is -2.43. The molecule has 1 heterocycles. The molecule has 1 fully saturated rings. The molecular formula is C14H26N2O3. The maximum atomic E-state index is 11.9. The Morgan fingerprint density at radius 2 is 2.11 bits per heavy atom.